The summed E-state index contributed by atoms with van der Waals surface area (Å²) in [6.45, 7) is 3.55. The molecule has 30 heavy (non-hydrogen) atoms. The minimum absolute atomic E-state index is 0.157. The quantitative estimate of drug-likeness (QED) is 0.284. The van der Waals surface area contributed by atoms with E-state index in [-0.39, 0.29) is 17.4 Å². The van der Waals surface area contributed by atoms with E-state index >= 15 is 0 Å². The van der Waals surface area contributed by atoms with Crippen LogP contribution in [0.1, 0.15) is 19.5 Å². The van der Waals surface area contributed by atoms with E-state index < -0.39 is 41.3 Å². The number of hydrogen-bond donors (Lipinski definition) is 4. The van der Waals surface area contributed by atoms with Crippen molar-refractivity contribution in [2.24, 2.45) is 11.7 Å². The minimum Gasteiger partial charge on any atom is -0.474 e. The van der Waals surface area contributed by atoms with Crippen LogP contribution in [0.25, 0.3) is 5.52 Å². The van der Waals surface area contributed by atoms with E-state index in [4.69, 9.17) is 20.9 Å². The lowest BCUT2D eigenvalue weighted by Crippen LogP contribution is -2.55. The summed E-state index contributed by atoms with van der Waals surface area (Å²) in [6, 6.07) is 4.16. The SMILES string of the molecule is BC(B)(OC(=O)[C@@H](N)C(C)C)C1O[C@@](C#N)(c2ccc3c(N)ncnn23)[C@H](O)[C@@H]1O. The van der Waals surface area contributed by atoms with E-state index in [9.17, 15) is 20.3 Å². The van der Waals surface area contributed by atoms with Crippen LogP contribution >= 0.6 is 0 Å². The fourth-order valence-electron chi connectivity index (χ4n) is 3.55. The van der Waals surface area contributed by atoms with Crippen molar-refractivity contribution >= 4 is 33.0 Å². The maximum Gasteiger partial charge on any atom is 0.322 e. The molecule has 3 rings (SSSR count). The molecule has 5 atom stereocenters. The topological polar surface area (TPSA) is 182 Å². The van der Waals surface area contributed by atoms with Gasteiger partial charge in [-0.25, -0.2) is 9.50 Å². The molecule has 1 unspecified atom stereocenters. The standard InChI is InChI=1S/C17H24B2N6O5/c1-7(2)10(21)15(28)30-17(18,19)13-11(26)12(27)16(5-20,29-13)9-4-3-8-14(22)23-6-24-25(8)9/h3-4,6-7,10-13,26-27H,18-19,21H2,1-2H3,(H2,22,23,24)/t10-,11-,12+,13?,16-/m0/s1. The van der Waals surface area contributed by atoms with Crippen LogP contribution in [-0.2, 0) is 19.9 Å². The number of nitrogen functional groups attached to an aromatic ring is 1. The Hall–Kier alpha value is -2.65. The van der Waals surface area contributed by atoms with Gasteiger partial charge in [0.1, 0.15) is 42.3 Å². The third-order valence-electron chi connectivity index (χ3n) is 5.43. The summed E-state index contributed by atoms with van der Waals surface area (Å²) in [7, 11) is 3.03. The molecule has 1 saturated heterocycles. The van der Waals surface area contributed by atoms with Crippen molar-refractivity contribution in [1.82, 2.24) is 14.6 Å². The zero-order chi connectivity index (χ0) is 22.4. The smallest absolute Gasteiger partial charge is 0.322 e. The summed E-state index contributed by atoms with van der Waals surface area (Å²) in [5, 5.41) is 34.2. The highest BCUT2D eigenvalue weighted by Gasteiger charge is 2.61. The first-order valence-electron chi connectivity index (χ1n) is 9.48. The summed E-state index contributed by atoms with van der Waals surface area (Å²) in [5.41, 5.74) is 10.3. The van der Waals surface area contributed by atoms with Crippen molar-refractivity contribution in [3.63, 3.8) is 0 Å². The fraction of sp³-hybridized carbons (Fsp3) is 0.529. The maximum absolute atomic E-state index is 12.4. The second-order valence-corrected chi connectivity index (χ2v) is 8.28. The summed E-state index contributed by atoms with van der Waals surface area (Å²) in [4.78, 5) is 16.3. The first-order chi connectivity index (χ1) is 14.0. The van der Waals surface area contributed by atoms with Gasteiger partial charge in [0.15, 0.2) is 21.5 Å². The number of aliphatic hydroxyl groups excluding tert-OH is 2. The minimum atomic E-state index is -1.98. The van der Waals surface area contributed by atoms with Crippen molar-refractivity contribution in [3.05, 3.63) is 24.2 Å². The highest BCUT2D eigenvalue weighted by Crippen LogP contribution is 2.43. The van der Waals surface area contributed by atoms with Gasteiger partial charge in [-0.1, -0.05) is 13.8 Å². The predicted octanol–water partition coefficient (Wildman–Crippen LogP) is -3.40. The molecule has 2 aromatic rings. The van der Waals surface area contributed by atoms with Gasteiger partial charge in [-0.2, -0.15) is 10.4 Å². The van der Waals surface area contributed by atoms with Crippen LogP contribution in [-0.4, -0.2) is 76.2 Å². The molecular weight excluding hydrogens is 390 g/mol. The Morgan fingerprint density at radius 1 is 1.47 bits per heavy atom. The molecule has 3 heterocycles. The molecule has 6 N–H and O–H groups in total. The van der Waals surface area contributed by atoms with Crippen LogP contribution in [0, 0.1) is 17.2 Å². The number of fused-ring (bicyclic) bond motifs is 1. The lowest BCUT2D eigenvalue weighted by atomic mass is 9.60. The van der Waals surface area contributed by atoms with E-state index in [0.29, 0.717) is 5.52 Å². The number of ether oxygens (including phenoxy) is 2. The molecule has 0 spiro atoms. The van der Waals surface area contributed by atoms with Crippen LogP contribution in [0.5, 0.6) is 0 Å². The monoisotopic (exact) mass is 414 g/mol. The zero-order valence-corrected chi connectivity index (χ0v) is 17.2. The Bertz CT molecular complexity index is 1010. The molecule has 11 nitrogen and oxygen atoms in total. The summed E-state index contributed by atoms with van der Waals surface area (Å²) < 4.78 is 12.7. The van der Waals surface area contributed by atoms with Gasteiger partial charge >= 0.3 is 5.97 Å². The van der Waals surface area contributed by atoms with Crippen LogP contribution in [0.4, 0.5) is 5.82 Å². The zero-order valence-electron chi connectivity index (χ0n) is 17.2. The molecular formula is C17H24B2N6O5. The number of carbonyl (C=O) groups excluding carboxylic acids is 1. The third-order valence-corrected chi connectivity index (χ3v) is 5.43. The van der Waals surface area contributed by atoms with Crippen molar-refractivity contribution in [2.75, 3.05) is 5.73 Å². The third kappa shape index (κ3) is 3.31. The van der Waals surface area contributed by atoms with E-state index in [2.05, 4.69) is 10.1 Å². The number of nitrogens with zero attached hydrogens (tertiary/aromatic N) is 4. The number of hydrogen-bond acceptors (Lipinski definition) is 10. The average Bonchev–Trinajstić information content (AvgIpc) is 3.23. The molecule has 1 aliphatic rings. The second-order valence-electron chi connectivity index (χ2n) is 8.28. The van der Waals surface area contributed by atoms with Crippen molar-refractivity contribution < 1.29 is 24.5 Å². The highest BCUT2D eigenvalue weighted by molar-refractivity contribution is 6.40. The van der Waals surface area contributed by atoms with Gasteiger partial charge in [0.05, 0.1) is 11.1 Å². The Morgan fingerprint density at radius 3 is 2.73 bits per heavy atom. The van der Waals surface area contributed by atoms with Gasteiger partial charge in [0.2, 0.25) is 5.60 Å². The first-order valence-corrected chi connectivity index (χ1v) is 9.48. The summed E-state index contributed by atoms with van der Waals surface area (Å²) >= 11 is 0. The molecule has 0 aliphatic carbocycles. The molecule has 13 heteroatoms. The Balaban J connectivity index is 1.99. The molecule has 1 aliphatic heterocycles. The fourth-order valence-corrected chi connectivity index (χ4v) is 3.55. The number of nitrogens with two attached hydrogens (primary N) is 2. The van der Waals surface area contributed by atoms with Gasteiger partial charge in [-0.15, -0.1) is 0 Å². The largest absolute Gasteiger partial charge is 0.474 e. The average molecular weight is 414 g/mol. The number of aromatic nitrogens is 3. The maximum atomic E-state index is 12.4. The highest BCUT2D eigenvalue weighted by atomic mass is 16.6. The Morgan fingerprint density at radius 2 is 2.13 bits per heavy atom. The van der Waals surface area contributed by atoms with E-state index in [1.54, 1.807) is 19.9 Å². The van der Waals surface area contributed by atoms with Crippen molar-refractivity contribution in [1.29, 1.82) is 5.26 Å². The van der Waals surface area contributed by atoms with Crippen molar-refractivity contribution in [2.45, 2.75) is 49.2 Å². The molecule has 0 amide bonds. The lowest BCUT2D eigenvalue weighted by Gasteiger charge is -2.35. The van der Waals surface area contributed by atoms with Crippen molar-refractivity contribution in [3.8, 4) is 6.07 Å². The van der Waals surface area contributed by atoms with Crippen LogP contribution in [0.15, 0.2) is 18.5 Å². The molecule has 158 valence electrons. The molecule has 0 bridgehead atoms. The number of esters is 1. The molecule has 2 aromatic heterocycles. The number of anilines is 1. The predicted molar refractivity (Wildman–Crippen MR) is 110 cm³/mol. The van der Waals surface area contributed by atoms with E-state index in [0.717, 1.165) is 0 Å². The van der Waals surface area contributed by atoms with Crippen LogP contribution in [0.3, 0.4) is 0 Å². The van der Waals surface area contributed by atoms with Gasteiger partial charge in [-0.3, -0.25) is 4.79 Å². The first kappa shape index (κ1) is 22.0. The molecule has 1 fully saturated rings. The Kier molecular flexibility index (Phi) is 5.55. The lowest BCUT2D eigenvalue weighted by molar-refractivity contribution is -0.162. The Labute approximate surface area is 174 Å². The van der Waals surface area contributed by atoms with E-state index in [1.807, 2.05) is 6.07 Å². The molecule has 0 saturated carbocycles. The van der Waals surface area contributed by atoms with Crippen LogP contribution in [0.2, 0.25) is 0 Å². The molecule has 0 aromatic carbocycles. The van der Waals surface area contributed by atoms with Crippen LogP contribution < -0.4 is 11.5 Å². The van der Waals surface area contributed by atoms with Gasteiger partial charge < -0.3 is 31.2 Å². The van der Waals surface area contributed by atoms with Gasteiger partial charge in [-0.05, 0) is 18.1 Å². The van der Waals surface area contributed by atoms with Gasteiger partial charge in [0.25, 0.3) is 0 Å². The summed E-state index contributed by atoms with van der Waals surface area (Å²) in [6.07, 6.45) is -3.21. The second kappa shape index (κ2) is 7.55. The number of aliphatic hydroxyl groups is 2. The summed E-state index contributed by atoms with van der Waals surface area (Å²) in [5.74, 6) is -0.669. The number of rotatable bonds is 5. The van der Waals surface area contributed by atoms with Gasteiger partial charge in [0, 0.05) is 0 Å². The molecule has 0 radical (unpaired) electrons. The normalized spacial score (nSPS) is 27.8. The number of carbonyl (C=O) groups is 1. The number of nitriles is 1. The van der Waals surface area contributed by atoms with E-state index in [1.165, 1.54) is 32.6 Å².